The number of nitrogen functional groups attached to an aromatic ring is 1. The number of rotatable bonds is 2. The number of benzene rings is 2. The molecule has 0 saturated heterocycles. The lowest BCUT2D eigenvalue weighted by Gasteiger charge is -2.11. The number of amides is 1. The minimum atomic E-state index is -1.70. The molecule has 0 saturated carbocycles. The Morgan fingerprint density at radius 1 is 1.10 bits per heavy atom. The average molecular weight is 424 g/mol. The SMILES string of the molecule is Nc1cc(Br)cc(Br)c1NC(=O)c1ccc(F)c(F)c1F. The highest BCUT2D eigenvalue weighted by Gasteiger charge is 2.20. The van der Waals surface area contributed by atoms with Gasteiger partial charge in [0, 0.05) is 8.95 Å². The van der Waals surface area contributed by atoms with E-state index in [1.54, 1.807) is 6.07 Å². The largest absolute Gasteiger partial charge is 0.397 e. The van der Waals surface area contributed by atoms with Crippen LogP contribution in [0.2, 0.25) is 0 Å². The van der Waals surface area contributed by atoms with Gasteiger partial charge in [0.15, 0.2) is 17.5 Å². The van der Waals surface area contributed by atoms with Crippen molar-refractivity contribution >= 4 is 49.1 Å². The number of nitrogens with one attached hydrogen (secondary N) is 1. The van der Waals surface area contributed by atoms with E-state index in [4.69, 9.17) is 5.73 Å². The van der Waals surface area contributed by atoms with Crippen molar-refractivity contribution in [3.05, 3.63) is 56.2 Å². The van der Waals surface area contributed by atoms with Crippen LogP contribution in [0.4, 0.5) is 24.5 Å². The fraction of sp³-hybridized carbons (Fsp3) is 0. The maximum Gasteiger partial charge on any atom is 0.258 e. The van der Waals surface area contributed by atoms with Crippen LogP contribution >= 0.6 is 31.9 Å². The van der Waals surface area contributed by atoms with Gasteiger partial charge in [0.1, 0.15) is 0 Å². The zero-order valence-corrected chi connectivity index (χ0v) is 13.4. The van der Waals surface area contributed by atoms with E-state index >= 15 is 0 Å². The van der Waals surface area contributed by atoms with E-state index in [0.29, 0.717) is 15.0 Å². The van der Waals surface area contributed by atoms with Crippen LogP contribution < -0.4 is 11.1 Å². The Morgan fingerprint density at radius 3 is 2.38 bits per heavy atom. The molecule has 0 atom stereocenters. The van der Waals surface area contributed by atoms with Gasteiger partial charge in [-0.1, -0.05) is 15.9 Å². The highest BCUT2D eigenvalue weighted by Crippen LogP contribution is 2.33. The molecule has 2 rings (SSSR count). The van der Waals surface area contributed by atoms with Crippen LogP contribution in [-0.2, 0) is 0 Å². The van der Waals surface area contributed by atoms with Gasteiger partial charge in [0.25, 0.3) is 5.91 Å². The molecule has 2 aromatic rings. The predicted molar refractivity (Wildman–Crippen MR) is 80.5 cm³/mol. The Balaban J connectivity index is 2.38. The minimum absolute atomic E-state index is 0.201. The molecular weight excluding hydrogens is 417 g/mol. The molecule has 1 amide bonds. The molecule has 0 unspecified atom stereocenters. The third-order valence-corrected chi connectivity index (χ3v) is 3.69. The summed E-state index contributed by atoms with van der Waals surface area (Å²) in [6, 6.07) is 4.68. The lowest BCUT2D eigenvalue weighted by Crippen LogP contribution is -2.16. The summed E-state index contributed by atoms with van der Waals surface area (Å²) in [6.07, 6.45) is 0. The molecular formula is C13H7Br2F3N2O. The molecule has 3 nitrogen and oxygen atoms in total. The second-order valence-corrected chi connectivity index (χ2v) is 5.80. The number of hydrogen-bond donors (Lipinski definition) is 2. The highest BCUT2D eigenvalue weighted by molar-refractivity contribution is 9.11. The highest BCUT2D eigenvalue weighted by atomic mass is 79.9. The van der Waals surface area contributed by atoms with Crippen molar-refractivity contribution in [1.29, 1.82) is 0 Å². The van der Waals surface area contributed by atoms with Crippen molar-refractivity contribution in [2.45, 2.75) is 0 Å². The molecule has 2 aromatic carbocycles. The van der Waals surface area contributed by atoms with Crippen molar-refractivity contribution in [2.24, 2.45) is 0 Å². The van der Waals surface area contributed by atoms with Gasteiger partial charge >= 0.3 is 0 Å². The minimum Gasteiger partial charge on any atom is -0.397 e. The maximum atomic E-state index is 13.6. The number of hydrogen-bond acceptors (Lipinski definition) is 2. The van der Waals surface area contributed by atoms with Crippen molar-refractivity contribution in [1.82, 2.24) is 0 Å². The number of halogens is 5. The lowest BCUT2D eigenvalue weighted by atomic mass is 10.1. The Morgan fingerprint density at radius 2 is 1.76 bits per heavy atom. The summed E-state index contributed by atoms with van der Waals surface area (Å²) < 4.78 is 40.6. The van der Waals surface area contributed by atoms with Gasteiger partial charge < -0.3 is 11.1 Å². The smallest absolute Gasteiger partial charge is 0.258 e. The predicted octanol–water partition coefficient (Wildman–Crippen LogP) is 4.46. The Labute approximate surface area is 134 Å². The van der Waals surface area contributed by atoms with Crippen LogP contribution in [0.3, 0.4) is 0 Å². The number of anilines is 2. The molecule has 0 bridgehead atoms. The second-order valence-electron chi connectivity index (χ2n) is 4.03. The normalized spacial score (nSPS) is 10.5. The summed E-state index contributed by atoms with van der Waals surface area (Å²) in [6.45, 7) is 0. The summed E-state index contributed by atoms with van der Waals surface area (Å²) in [5, 5.41) is 2.35. The number of nitrogens with two attached hydrogens (primary N) is 1. The third kappa shape index (κ3) is 3.21. The van der Waals surface area contributed by atoms with E-state index < -0.39 is 28.9 Å². The topological polar surface area (TPSA) is 55.1 Å². The molecule has 0 aliphatic carbocycles. The molecule has 0 heterocycles. The molecule has 21 heavy (non-hydrogen) atoms. The summed E-state index contributed by atoms with van der Waals surface area (Å²) >= 11 is 6.40. The number of carbonyl (C=O) groups excluding carboxylic acids is 1. The maximum absolute atomic E-state index is 13.6. The zero-order valence-electron chi connectivity index (χ0n) is 10.2. The first-order chi connectivity index (χ1) is 9.81. The van der Waals surface area contributed by atoms with Crippen molar-refractivity contribution < 1.29 is 18.0 Å². The van der Waals surface area contributed by atoms with Crippen LogP contribution in [0.25, 0.3) is 0 Å². The van der Waals surface area contributed by atoms with E-state index in [1.165, 1.54) is 6.07 Å². The fourth-order valence-electron chi connectivity index (χ4n) is 1.61. The van der Waals surface area contributed by atoms with Gasteiger partial charge in [-0.2, -0.15) is 0 Å². The monoisotopic (exact) mass is 422 g/mol. The van der Waals surface area contributed by atoms with E-state index in [0.717, 1.165) is 6.07 Å². The molecule has 0 spiro atoms. The fourth-order valence-corrected chi connectivity index (χ4v) is 2.96. The summed E-state index contributed by atoms with van der Waals surface area (Å²) in [4.78, 5) is 12.0. The molecule has 0 aliphatic heterocycles. The van der Waals surface area contributed by atoms with Gasteiger partial charge in [-0.25, -0.2) is 13.2 Å². The van der Waals surface area contributed by atoms with E-state index in [9.17, 15) is 18.0 Å². The zero-order chi connectivity index (χ0) is 15.7. The third-order valence-electron chi connectivity index (χ3n) is 2.60. The van der Waals surface area contributed by atoms with Crippen LogP contribution in [0, 0.1) is 17.5 Å². The van der Waals surface area contributed by atoms with Crippen molar-refractivity contribution in [3.63, 3.8) is 0 Å². The summed E-state index contributed by atoms with van der Waals surface area (Å²) in [5.74, 6) is -5.57. The van der Waals surface area contributed by atoms with Crippen molar-refractivity contribution in [2.75, 3.05) is 11.1 Å². The van der Waals surface area contributed by atoms with E-state index in [2.05, 4.69) is 37.2 Å². The summed E-state index contributed by atoms with van der Waals surface area (Å²) in [7, 11) is 0. The first-order valence-electron chi connectivity index (χ1n) is 5.50. The first kappa shape index (κ1) is 15.8. The molecule has 0 aromatic heterocycles. The molecule has 110 valence electrons. The van der Waals surface area contributed by atoms with Crippen LogP contribution in [0.15, 0.2) is 33.2 Å². The summed E-state index contributed by atoms with van der Waals surface area (Å²) in [5.41, 5.74) is 5.53. The van der Waals surface area contributed by atoms with Gasteiger partial charge in [-0.3, -0.25) is 4.79 Å². The molecule has 0 aliphatic rings. The Kier molecular flexibility index (Phi) is 4.58. The van der Waals surface area contributed by atoms with Gasteiger partial charge in [-0.05, 0) is 40.2 Å². The van der Waals surface area contributed by atoms with Crippen molar-refractivity contribution in [3.8, 4) is 0 Å². The molecule has 0 fully saturated rings. The molecule has 0 radical (unpaired) electrons. The first-order valence-corrected chi connectivity index (χ1v) is 7.09. The Hall–Kier alpha value is -1.54. The second kappa shape index (κ2) is 6.07. The standard InChI is InChI=1S/C13H7Br2F3N2O/c14-5-3-7(15)12(9(19)4-5)20-13(21)6-1-2-8(16)11(18)10(6)17/h1-4H,19H2,(H,20,21). The average Bonchev–Trinajstić information content (AvgIpc) is 2.40. The van der Waals surface area contributed by atoms with Gasteiger partial charge in [0.2, 0.25) is 0 Å². The van der Waals surface area contributed by atoms with Gasteiger partial charge in [0.05, 0.1) is 16.9 Å². The van der Waals surface area contributed by atoms with E-state index in [1.807, 2.05) is 0 Å². The molecule has 8 heteroatoms. The van der Waals surface area contributed by atoms with Crippen LogP contribution in [0.1, 0.15) is 10.4 Å². The lowest BCUT2D eigenvalue weighted by molar-refractivity contribution is 0.102. The van der Waals surface area contributed by atoms with Crippen LogP contribution in [0.5, 0.6) is 0 Å². The van der Waals surface area contributed by atoms with E-state index in [-0.39, 0.29) is 11.4 Å². The Bertz CT molecular complexity index is 715. The quantitative estimate of drug-likeness (QED) is 0.553. The molecule has 3 N–H and O–H groups in total. The van der Waals surface area contributed by atoms with Gasteiger partial charge in [-0.15, -0.1) is 0 Å². The van der Waals surface area contributed by atoms with Crippen LogP contribution in [-0.4, -0.2) is 5.91 Å². The number of carbonyl (C=O) groups is 1.